The highest BCUT2D eigenvalue weighted by atomic mass is 35.5. The maximum absolute atomic E-state index is 6.16. The van der Waals surface area contributed by atoms with E-state index in [9.17, 15) is 0 Å². The zero-order chi connectivity index (χ0) is 16.0. The number of rotatable bonds is 8. The van der Waals surface area contributed by atoms with Gasteiger partial charge in [-0.2, -0.15) is 0 Å². The van der Waals surface area contributed by atoms with Crippen LogP contribution in [0, 0.1) is 0 Å². The highest BCUT2D eigenvalue weighted by Gasteiger charge is 2.20. The summed E-state index contributed by atoms with van der Waals surface area (Å²) in [6.45, 7) is 4.98. The molecule has 2 nitrogen and oxygen atoms in total. The summed E-state index contributed by atoms with van der Waals surface area (Å²) in [6, 6.07) is 0. The lowest BCUT2D eigenvalue weighted by Crippen LogP contribution is -2.19. The van der Waals surface area contributed by atoms with Crippen LogP contribution in [0.5, 0.6) is 0 Å². The number of ether oxygens (including phenoxy) is 2. The Balaban J connectivity index is 2.76. The third-order valence-electron chi connectivity index (χ3n) is 2.22. The third kappa shape index (κ3) is 5.70. The van der Waals surface area contributed by atoms with Gasteiger partial charge in [0.15, 0.2) is 6.29 Å². The molecule has 0 heterocycles. The Hall–Kier alpha value is 1.29. The van der Waals surface area contributed by atoms with Gasteiger partial charge < -0.3 is 9.47 Å². The lowest BCUT2D eigenvalue weighted by Gasteiger charge is -2.17. The molecule has 0 saturated carbocycles. The molecule has 120 valence electrons. The molecule has 0 atom stereocenters. The molecule has 0 spiro atoms. The quantitative estimate of drug-likeness (QED) is 0.189. The van der Waals surface area contributed by atoms with Crippen molar-refractivity contribution in [1.82, 2.24) is 0 Å². The molecular weight excluding hydrogens is 418 g/mol. The van der Waals surface area contributed by atoms with Crippen molar-refractivity contribution in [2.75, 3.05) is 19.0 Å². The normalized spacial score (nSPS) is 11.4. The minimum absolute atomic E-state index is 0.157. The van der Waals surface area contributed by atoms with E-state index in [-0.39, 0.29) is 31.4 Å². The number of halogens is 5. The van der Waals surface area contributed by atoms with Crippen molar-refractivity contribution in [2.45, 2.75) is 25.0 Å². The first-order chi connectivity index (χ1) is 9.93. The maximum atomic E-state index is 6.16. The van der Waals surface area contributed by atoms with Gasteiger partial charge in [-0.1, -0.05) is 79.6 Å². The molecule has 0 aliphatic carbocycles. The van der Waals surface area contributed by atoms with Gasteiger partial charge in [0.1, 0.15) is 0 Å². The molecule has 0 bridgehead atoms. The molecule has 0 fully saturated rings. The number of hydrogen-bond donors (Lipinski definition) is 0. The second kappa shape index (κ2) is 10.2. The fourth-order valence-electron chi connectivity index (χ4n) is 1.32. The predicted octanol–water partition coefficient (Wildman–Crippen LogP) is 7.09. The Morgan fingerprint density at radius 1 is 0.810 bits per heavy atom. The number of benzene rings is 1. The van der Waals surface area contributed by atoms with E-state index in [0.29, 0.717) is 23.9 Å². The molecule has 0 amide bonds. The minimum Gasteiger partial charge on any atom is -0.352 e. The summed E-state index contributed by atoms with van der Waals surface area (Å²) in [5.41, 5.74) is 0. The first kappa shape index (κ1) is 20.3. The molecule has 9 heteroatoms. The van der Waals surface area contributed by atoms with E-state index < -0.39 is 0 Å². The third-order valence-corrected chi connectivity index (χ3v) is 7.08. The lowest BCUT2D eigenvalue weighted by molar-refractivity contribution is -0.119. The molecule has 1 rings (SSSR count). The molecular formula is C12H13Cl5O2S2. The van der Waals surface area contributed by atoms with Crippen LogP contribution in [0.25, 0.3) is 0 Å². The molecule has 1 aromatic rings. The van der Waals surface area contributed by atoms with Gasteiger partial charge in [0.2, 0.25) is 0 Å². The van der Waals surface area contributed by atoms with E-state index in [1.165, 1.54) is 21.6 Å². The first-order valence-electron chi connectivity index (χ1n) is 5.98. The van der Waals surface area contributed by atoms with E-state index >= 15 is 0 Å². The Labute approximate surface area is 157 Å². The highest BCUT2D eigenvalue weighted by Crippen LogP contribution is 2.50. The smallest absolute Gasteiger partial charge is 0.167 e. The minimum atomic E-state index is -0.284. The van der Waals surface area contributed by atoms with Crippen LogP contribution in [0.1, 0.15) is 13.8 Å². The Kier molecular flexibility index (Phi) is 9.89. The average molecular weight is 431 g/mol. The SMILES string of the molecule is CCOC(CSSc1c(Cl)c(Cl)c(Cl)c(Cl)c1Cl)OCC. The summed E-state index contributed by atoms with van der Waals surface area (Å²) in [6.07, 6.45) is -0.284. The zero-order valence-corrected chi connectivity index (χ0v) is 16.6. The van der Waals surface area contributed by atoms with Crippen molar-refractivity contribution in [2.24, 2.45) is 0 Å². The molecule has 0 N–H and O–H groups in total. The fraction of sp³-hybridized carbons (Fsp3) is 0.500. The standard InChI is InChI=1S/C12H13Cl5O2S2/c1-3-18-6(19-4-2)5-20-21-12-10(16)8(14)7(13)9(15)11(12)17/h6H,3-5H2,1-2H3. The highest BCUT2D eigenvalue weighted by molar-refractivity contribution is 8.76. The Morgan fingerprint density at radius 3 is 1.67 bits per heavy atom. The van der Waals surface area contributed by atoms with Crippen LogP contribution >= 0.6 is 79.6 Å². The van der Waals surface area contributed by atoms with Gasteiger partial charge in [-0.05, 0) is 13.8 Å². The summed E-state index contributed by atoms with van der Waals surface area (Å²) in [5.74, 6) is 0.608. The van der Waals surface area contributed by atoms with E-state index in [1.54, 1.807) is 0 Å². The second-order valence-electron chi connectivity index (χ2n) is 3.61. The summed E-state index contributed by atoms with van der Waals surface area (Å²) < 4.78 is 10.9. The molecule has 0 unspecified atom stereocenters. The van der Waals surface area contributed by atoms with Crippen molar-refractivity contribution in [3.8, 4) is 0 Å². The van der Waals surface area contributed by atoms with Crippen LogP contribution in [0.15, 0.2) is 4.90 Å². The molecule has 0 aromatic heterocycles. The summed E-state index contributed by atoms with van der Waals surface area (Å²) in [7, 11) is 2.84. The summed E-state index contributed by atoms with van der Waals surface area (Å²) in [5, 5.41) is 1.13. The summed E-state index contributed by atoms with van der Waals surface area (Å²) in [4.78, 5) is 0.578. The average Bonchev–Trinajstić information content (AvgIpc) is 2.47. The van der Waals surface area contributed by atoms with Gasteiger partial charge in [-0.3, -0.25) is 0 Å². The van der Waals surface area contributed by atoms with Gasteiger partial charge in [-0.25, -0.2) is 0 Å². The van der Waals surface area contributed by atoms with Crippen LogP contribution in [-0.4, -0.2) is 25.3 Å². The van der Waals surface area contributed by atoms with Gasteiger partial charge in [-0.15, -0.1) is 0 Å². The van der Waals surface area contributed by atoms with E-state index in [0.717, 1.165) is 0 Å². The van der Waals surface area contributed by atoms with Crippen molar-refractivity contribution >= 4 is 79.6 Å². The predicted molar refractivity (Wildman–Crippen MR) is 96.8 cm³/mol. The monoisotopic (exact) mass is 428 g/mol. The largest absolute Gasteiger partial charge is 0.352 e. The molecule has 0 saturated heterocycles. The second-order valence-corrected chi connectivity index (χ2v) is 7.85. The van der Waals surface area contributed by atoms with Crippen molar-refractivity contribution in [3.05, 3.63) is 25.1 Å². The van der Waals surface area contributed by atoms with Crippen molar-refractivity contribution in [1.29, 1.82) is 0 Å². The van der Waals surface area contributed by atoms with Crippen LogP contribution in [0.3, 0.4) is 0 Å². The Morgan fingerprint density at radius 2 is 1.24 bits per heavy atom. The molecule has 0 radical (unpaired) electrons. The first-order valence-corrected chi connectivity index (χ1v) is 10.2. The van der Waals surface area contributed by atoms with Gasteiger partial charge in [0, 0.05) is 13.2 Å². The van der Waals surface area contributed by atoms with Crippen molar-refractivity contribution < 1.29 is 9.47 Å². The maximum Gasteiger partial charge on any atom is 0.167 e. The fourth-order valence-corrected chi connectivity index (χ4v) is 5.31. The van der Waals surface area contributed by atoms with Crippen LogP contribution in [-0.2, 0) is 9.47 Å². The topological polar surface area (TPSA) is 18.5 Å². The molecule has 0 aliphatic heterocycles. The summed E-state index contributed by atoms with van der Waals surface area (Å²) >= 11 is 30.3. The van der Waals surface area contributed by atoms with Crippen molar-refractivity contribution in [3.63, 3.8) is 0 Å². The van der Waals surface area contributed by atoms with E-state index in [2.05, 4.69) is 0 Å². The Bertz CT molecular complexity index is 452. The van der Waals surface area contributed by atoms with Gasteiger partial charge in [0.25, 0.3) is 0 Å². The van der Waals surface area contributed by atoms with Gasteiger partial charge in [0.05, 0.1) is 35.8 Å². The van der Waals surface area contributed by atoms with E-state index in [4.69, 9.17) is 67.5 Å². The lowest BCUT2D eigenvalue weighted by atomic mass is 10.3. The molecule has 0 aliphatic rings. The van der Waals surface area contributed by atoms with Crippen LogP contribution in [0.2, 0.25) is 25.1 Å². The van der Waals surface area contributed by atoms with E-state index in [1.807, 2.05) is 13.8 Å². The molecule has 1 aromatic carbocycles. The van der Waals surface area contributed by atoms with Crippen LogP contribution in [0.4, 0.5) is 0 Å². The van der Waals surface area contributed by atoms with Gasteiger partial charge >= 0.3 is 0 Å². The zero-order valence-electron chi connectivity index (χ0n) is 11.2. The number of hydrogen-bond acceptors (Lipinski definition) is 4. The van der Waals surface area contributed by atoms with Crippen LogP contribution < -0.4 is 0 Å². The molecule has 21 heavy (non-hydrogen) atoms.